The minimum Gasteiger partial charge on any atom is -0.463 e. The number of esters is 2. The standard InChI is InChI=1S/C17H24N2O6/c1-6-9-25-17(22)18-19-11(4)13(15(20)23-7-2)10-14(12(19)5)16(21)24-8-3/h6H,1,7-10H2,2-5H3,(H,18,22). The molecule has 1 rings (SSSR count). The van der Waals surface area contributed by atoms with Crippen molar-refractivity contribution in [2.24, 2.45) is 0 Å². The lowest BCUT2D eigenvalue weighted by Crippen LogP contribution is -2.43. The first-order valence-electron chi connectivity index (χ1n) is 7.95. The van der Waals surface area contributed by atoms with E-state index in [4.69, 9.17) is 14.2 Å². The van der Waals surface area contributed by atoms with Gasteiger partial charge in [-0.2, -0.15) is 0 Å². The molecule has 0 radical (unpaired) electrons. The van der Waals surface area contributed by atoms with Crippen LogP contribution in [0.2, 0.25) is 0 Å². The molecule has 0 aromatic carbocycles. The summed E-state index contributed by atoms with van der Waals surface area (Å²) < 4.78 is 15.0. The molecule has 1 N–H and O–H groups in total. The summed E-state index contributed by atoms with van der Waals surface area (Å²) in [6.07, 6.45) is 0.747. The third kappa shape index (κ3) is 5.10. The fourth-order valence-electron chi connectivity index (χ4n) is 2.26. The van der Waals surface area contributed by atoms with E-state index in [9.17, 15) is 14.4 Å². The monoisotopic (exact) mass is 352 g/mol. The fourth-order valence-corrected chi connectivity index (χ4v) is 2.26. The summed E-state index contributed by atoms with van der Waals surface area (Å²) >= 11 is 0. The highest BCUT2D eigenvalue weighted by Crippen LogP contribution is 2.30. The van der Waals surface area contributed by atoms with E-state index in [2.05, 4.69) is 12.0 Å². The number of allylic oxidation sites excluding steroid dienone is 2. The second-order valence-electron chi connectivity index (χ2n) is 5.08. The van der Waals surface area contributed by atoms with Gasteiger partial charge in [0.05, 0.1) is 24.4 Å². The van der Waals surface area contributed by atoms with E-state index in [-0.39, 0.29) is 37.4 Å². The Balaban J connectivity index is 3.19. The first-order valence-corrected chi connectivity index (χ1v) is 7.95. The number of hydrazine groups is 1. The van der Waals surface area contributed by atoms with Gasteiger partial charge < -0.3 is 14.2 Å². The lowest BCUT2D eigenvalue weighted by atomic mass is 9.97. The van der Waals surface area contributed by atoms with Gasteiger partial charge in [0.25, 0.3) is 0 Å². The molecule has 1 heterocycles. The molecule has 138 valence electrons. The Morgan fingerprint density at radius 3 is 1.92 bits per heavy atom. The van der Waals surface area contributed by atoms with Gasteiger partial charge in [-0.15, -0.1) is 0 Å². The molecule has 0 fully saturated rings. The van der Waals surface area contributed by atoms with E-state index in [1.165, 1.54) is 11.1 Å². The Labute approximate surface area is 147 Å². The Kier molecular flexibility index (Phi) is 7.71. The third-order valence-electron chi connectivity index (χ3n) is 3.48. The highest BCUT2D eigenvalue weighted by atomic mass is 16.6. The van der Waals surface area contributed by atoms with Gasteiger partial charge >= 0.3 is 18.0 Å². The van der Waals surface area contributed by atoms with Crippen LogP contribution in [-0.4, -0.2) is 42.9 Å². The zero-order valence-electron chi connectivity index (χ0n) is 15.0. The van der Waals surface area contributed by atoms with Gasteiger partial charge in [-0.3, -0.25) is 5.01 Å². The van der Waals surface area contributed by atoms with Crippen molar-refractivity contribution >= 4 is 18.0 Å². The van der Waals surface area contributed by atoms with E-state index in [1.54, 1.807) is 27.7 Å². The van der Waals surface area contributed by atoms with Crippen molar-refractivity contribution in [2.45, 2.75) is 34.1 Å². The van der Waals surface area contributed by atoms with Crippen molar-refractivity contribution in [1.29, 1.82) is 0 Å². The van der Waals surface area contributed by atoms with Crippen molar-refractivity contribution in [2.75, 3.05) is 19.8 Å². The Morgan fingerprint density at radius 2 is 1.52 bits per heavy atom. The van der Waals surface area contributed by atoms with Crippen LogP contribution in [0.15, 0.2) is 35.2 Å². The fraction of sp³-hybridized carbons (Fsp3) is 0.471. The van der Waals surface area contributed by atoms with E-state index in [1.807, 2.05) is 0 Å². The predicted molar refractivity (Wildman–Crippen MR) is 89.8 cm³/mol. The normalized spacial score (nSPS) is 14.2. The smallest absolute Gasteiger partial charge is 0.426 e. The molecule has 0 spiro atoms. The zero-order valence-corrected chi connectivity index (χ0v) is 15.0. The van der Waals surface area contributed by atoms with Crippen LogP contribution in [0.1, 0.15) is 34.1 Å². The number of nitrogens with zero attached hydrogens (tertiary/aromatic N) is 1. The highest BCUT2D eigenvalue weighted by Gasteiger charge is 2.32. The number of amides is 1. The molecule has 0 aromatic heterocycles. The Hall–Kier alpha value is -2.77. The van der Waals surface area contributed by atoms with Gasteiger partial charge in [0.15, 0.2) is 0 Å². The maximum absolute atomic E-state index is 12.2. The van der Waals surface area contributed by atoms with E-state index < -0.39 is 18.0 Å². The maximum atomic E-state index is 12.2. The molecule has 1 aliphatic heterocycles. The van der Waals surface area contributed by atoms with Crippen LogP contribution < -0.4 is 5.43 Å². The van der Waals surface area contributed by atoms with Gasteiger partial charge in [0.2, 0.25) is 0 Å². The Morgan fingerprint density at radius 1 is 1.04 bits per heavy atom. The minimum absolute atomic E-state index is 0.0284. The third-order valence-corrected chi connectivity index (χ3v) is 3.48. The predicted octanol–water partition coefficient (Wildman–Crippen LogP) is 2.19. The first-order chi connectivity index (χ1) is 11.9. The van der Waals surface area contributed by atoms with Gasteiger partial charge in [-0.05, 0) is 27.7 Å². The molecular weight excluding hydrogens is 328 g/mol. The average Bonchev–Trinajstić information content (AvgIpc) is 2.57. The summed E-state index contributed by atoms with van der Waals surface area (Å²) in [6, 6.07) is 0. The van der Waals surface area contributed by atoms with Crippen molar-refractivity contribution in [3.63, 3.8) is 0 Å². The van der Waals surface area contributed by atoms with E-state index >= 15 is 0 Å². The molecule has 0 bridgehead atoms. The van der Waals surface area contributed by atoms with Crippen molar-refractivity contribution in [3.8, 4) is 0 Å². The van der Waals surface area contributed by atoms with Crippen molar-refractivity contribution in [3.05, 3.63) is 35.2 Å². The molecule has 1 amide bonds. The molecule has 0 unspecified atom stereocenters. The second-order valence-corrected chi connectivity index (χ2v) is 5.08. The summed E-state index contributed by atoms with van der Waals surface area (Å²) in [5.41, 5.74) is 3.92. The molecule has 1 aliphatic rings. The van der Waals surface area contributed by atoms with Crippen LogP contribution in [0.4, 0.5) is 4.79 Å². The molecule has 8 nitrogen and oxygen atoms in total. The number of hydrogen-bond acceptors (Lipinski definition) is 7. The number of ether oxygens (including phenoxy) is 3. The second kappa shape index (κ2) is 9.51. The van der Waals surface area contributed by atoms with Gasteiger partial charge in [-0.25, -0.2) is 19.8 Å². The molecule has 0 saturated heterocycles. The molecule has 0 aromatic rings. The molecular formula is C17H24N2O6. The minimum atomic E-state index is -0.744. The number of hydrogen-bond donors (Lipinski definition) is 1. The zero-order chi connectivity index (χ0) is 19.0. The molecule has 0 atom stereocenters. The molecule has 8 heteroatoms. The molecule has 0 aliphatic carbocycles. The number of carbonyl (C=O) groups excluding carboxylic acids is 3. The van der Waals surface area contributed by atoms with Gasteiger partial charge in [-0.1, -0.05) is 12.7 Å². The van der Waals surface area contributed by atoms with E-state index in [0.29, 0.717) is 11.4 Å². The van der Waals surface area contributed by atoms with Crippen molar-refractivity contribution in [1.82, 2.24) is 10.4 Å². The van der Waals surface area contributed by atoms with Crippen LogP contribution in [0, 0.1) is 0 Å². The topological polar surface area (TPSA) is 94.2 Å². The number of carbonyl (C=O) groups is 3. The van der Waals surface area contributed by atoms with Crippen LogP contribution >= 0.6 is 0 Å². The first kappa shape index (κ1) is 20.3. The van der Waals surface area contributed by atoms with Crippen LogP contribution in [0.5, 0.6) is 0 Å². The Bertz CT molecular complexity index is 581. The SMILES string of the molecule is C=CCOC(=O)NN1C(C)=C(C(=O)OCC)CC(C(=O)OCC)=C1C. The number of rotatable bonds is 7. The lowest BCUT2D eigenvalue weighted by Gasteiger charge is -2.33. The quantitative estimate of drug-likeness (QED) is 0.426. The van der Waals surface area contributed by atoms with Crippen LogP contribution in [0.3, 0.4) is 0 Å². The highest BCUT2D eigenvalue weighted by molar-refractivity contribution is 5.96. The molecule has 25 heavy (non-hydrogen) atoms. The summed E-state index contributed by atoms with van der Waals surface area (Å²) in [4.78, 5) is 36.3. The largest absolute Gasteiger partial charge is 0.463 e. The number of nitrogens with one attached hydrogen (secondary N) is 1. The van der Waals surface area contributed by atoms with Crippen LogP contribution in [0.25, 0.3) is 0 Å². The van der Waals surface area contributed by atoms with E-state index in [0.717, 1.165) is 0 Å². The summed E-state index contributed by atoms with van der Waals surface area (Å²) in [5.74, 6) is -1.11. The summed E-state index contributed by atoms with van der Waals surface area (Å²) in [7, 11) is 0. The van der Waals surface area contributed by atoms with Gasteiger partial charge in [0, 0.05) is 17.8 Å². The maximum Gasteiger partial charge on any atom is 0.426 e. The summed E-state index contributed by atoms with van der Waals surface area (Å²) in [5, 5.41) is 1.33. The average molecular weight is 352 g/mol. The van der Waals surface area contributed by atoms with Gasteiger partial charge in [0.1, 0.15) is 6.61 Å². The van der Waals surface area contributed by atoms with Crippen molar-refractivity contribution < 1.29 is 28.6 Å². The lowest BCUT2D eigenvalue weighted by molar-refractivity contribution is -0.139. The van der Waals surface area contributed by atoms with Crippen LogP contribution in [-0.2, 0) is 23.8 Å². The summed E-state index contributed by atoms with van der Waals surface area (Å²) in [6.45, 7) is 10.5. The molecule has 0 saturated carbocycles.